The van der Waals surface area contributed by atoms with Gasteiger partial charge in [0.25, 0.3) is 0 Å². The van der Waals surface area contributed by atoms with Crippen molar-refractivity contribution < 1.29 is 5.11 Å². The average Bonchev–Trinajstić information content (AvgIpc) is 2.07. The Hall–Kier alpha value is -1.50. The van der Waals surface area contributed by atoms with E-state index in [0.29, 0.717) is 5.75 Å². The lowest BCUT2D eigenvalue weighted by Crippen LogP contribution is -1.77. The van der Waals surface area contributed by atoms with Gasteiger partial charge in [0.2, 0.25) is 0 Å². The molecule has 0 saturated heterocycles. The predicted octanol–water partition coefficient (Wildman–Crippen LogP) is 2.85. The first-order chi connectivity index (χ1) is 5.79. The second-order valence-corrected chi connectivity index (χ2v) is 2.95. The van der Waals surface area contributed by atoms with E-state index in [-0.39, 0.29) is 0 Å². The van der Waals surface area contributed by atoms with Gasteiger partial charge >= 0.3 is 0 Å². The SMILES string of the molecule is Cc1cccc2c(O)cccc12. The Balaban J connectivity index is 2.94. The van der Waals surface area contributed by atoms with Crippen LogP contribution >= 0.6 is 0 Å². The van der Waals surface area contributed by atoms with E-state index in [1.807, 2.05) is 37.3 Å². The maximum Gasteiger partial charge on any atom is 0.123 e. The summed E-state index contributed by atoms with van der Waals surface area (Å²) in [5.41, 5.74) is 1.20. The molecule has 0 atom stereocenters. The van der Waals surface area contributed by atoms with Gasteiger partial charge in [-0.2, -0.15) is 0 Å². The number of phenolic OH excluding ortho intramolecular Hbond substituents is 1. The quantitative estimate of drug-likeness (QED) is 0.625. The molecule has 0 aliphatic carbocycles. The molecule has 0 aliphatic rings. The third-order valence-corrected chi connectivity index (χ3v) is 2.12. The van der Waals surface area contributed by atoms with E-state index in [2.05, 4.69) is 0 Å². The molecular weight excluding hydrogens is 148 g/mol. The van der Waals surface area contributed by atoms with Crippen LogP contribution in [0.15, 0.2) is 36.4 Å². The van der Waals surface area contributed by atoms with Crippen molar-refractivity contribution >= 4 is 10.8 Å². The number of benzene rings is 2. The van der Waals surface area contributed by atoms with Crippen LogP contribution in [0.25, 0.3) is 10.8 Å². The van der Waals surface area contributed by atoms with Gasteiger partial charge in [-0.15, -0.1) is 0 Å². The van der Waals surface area contributed by atoms with Crippen LogP contribution in [0.1, 0.15) is 5.56 Å². The van der Waals surface area contributed by atoms with Crippen molar-refractivity contribution in [3.8, 4) is 5.75 Å². The number of hydrogen-bond acceptors (Lipinski definition) is 1. The fourth-order valence-electron chi connectivity index (χ4n) is 1.45. The van der Waals surface area contributed by atoms with Crippen molar-refractivity contribution in [2.24, 2.45) is 0 Å². The van der Waals surface area contributed by atoms with Crippen LogP contribution in [-0.4, -0.2) is 5.11 Å². The second-order valence-electron chi connectivity index (χ2n) is 2.95. The van der Waals surface area contributed by atoms with E-state index in [0.717, 1.165) is 10.8 Å². The first-order valence-electron chi connectivity index (χ1n) is 3.96. The Morgan fingerprint density at radius 2 is 1.58 bits per heavy atom. The lowest BCUT2D eigenvalue weighted by molar-refractivity contribution is 0.481. The number of aromatic hydroxyl groups is 1. The van der Waals surface area contributed by atoms with E-state index in [4.69, 9.17) is 0 Å². The third-order valence-electron chi connectivity index (χ3n) is 2.12. The van der Waals surface area contributed by atoms with Crippen molar-refractivity contribution in [1.82, 2.24) is 0 Å². The molecule has 60 valence electrons. The molecule has 0 amide bonds. The molecule has 0 aliphatic heterocycles. The zero-order valence-electron chi connectivity index (χ0n) is 6.91. The number of rotatable bonds is 0. The van der Waals surface area contributed by atoms with Gasteiger partial charge in [0, 0.05) is 5.39 Å². The van der Waals surface area contributed by atoms with Gasteiger partial charge < -0.3 is 5.11 Å². The number of aryl methyl sites for hydroxylation is 1. The Morgan fingerprint density at radius 1 is 0.917 bits per heavy atom. The monoisotopic (exact) mass is 158 g/mol. The summed E-state index contributed by atoms with van der Waals surface area (Å²) in [4.78, 5) is 0. The molecule has 0 spiro atoms. The van der Waals surface area contributed by atoms with Crippen LogP contribution < -0.4 is 0 Å². The zero-order valence-corrected chi connectivity index (χ0v) is 6.91. The summed E-state index contributed by atoms with van der Waals surface area (Å²) in [5, 5.41) is 11.5. The van der Waals surface area contributed by atoms with Gasteiger partial charge in [-0.3, -0.25) is 0 Å². The van der Waals surface area contributed by atoms with Crippen LogP contribution in [-0.2, 0) is 0 Å². The molecule has 2 aromatic rings. The normalized spacial score (nSPS) is 10.4. The smallest absolute Gasteiger partial charge is 0.123 e. The Kier molecular flexibility index (Phi) is 1.51. The molecule has 0 aromatic heterocycles. The molecule has 0 heterocycles. The van der Waals surface area contributed by atoms with Crippen molar-refractivity contribution in [2.75, 3.05) is 0 Å². The van der Waals surface area contributed by atoms with Crippen molar-refractivity contribution in [3.63, 3.8) is 0 Å². The second kappa shape index (κ2) is 2.52. The standard InChI is InChI=1S/C11H10O/c1-8-4-2-6-10-9(8)5-3-7-11(10)12/h2-7,12H,1H3. The molecular formula is C11H10O. The maximum absolute atomic E-state index is 9.50. The summed E-state index contributed by atoms with van der Waals surface area (Å²) in [6, 6.07) is 11.5. The Bertz CT molecular complexity index is 377. The van der Waals surface area contributed by atoms with Crippen LogP contribution in [0.5, 0.6) is 5.75 Å². The third kappa shape index (κ3) is 0.944. The zero-order chi connectivity index (χ0) is 8.55. The largest absolute Gasteiger partial charge is 0.507 e. The van der Waals surface area contributed by atoms with Crippen molar-refractivity contribution in [3.05, 3.63) is 42.0 Å². The number of hydrogen-bond donors (Lipinski definition) is 1. The van der Waals surface area contributed by atoms with Gasteiger partial charge in [0.15, 0.2) is 0 Å². The molecule has 1 heteroatoms. The molecule has 1 N–H and O–H groups in total. The minimum atomic E-state index is 0.358. The number of phenols is 1. The highest BCUT2D eigenvalue weighted by molar-refractivity contribution is 5.90. The lowest BCUT2D eigenvalue weighted by atomic mass is 10.1. The summed E-state index contributed by atoms with van der Waals surface area (Å²) < 4.78 is 0. The maximum atomic E-state index is 9.50. The fourth-order valence-corrected chi connectivity index (χ4v) is 1.45. The first-order valence-corrected chi connectivity index (χ1v) is 3.96. The van der Waals surface area contributed by atoms with E-state index in [1.165, 1.54) is 5.56 Å². The summed E-state index contributed by atoms with van der Waals surface area (Å²) in [6.45, 7) is 2.04. The molecule has 0 saturated carbocycles. The van der Waals surface area contributed by atoms with Gasteiger partial charge in [-0.25, -0.2) is 0 Å². The predicted molar refractivity (Wildman–Crippen MR) is 50.3 cm³/mol. The molecule has 0 unspecified atom stereocenters. The molecule has 2 rings (SSSR count). The van der Waals surface area contributed by atoms with Crippen LogP contribution in [0.3, 0.4) is 0 Å². The average molecular weight is 158 g/mol. The van der Waals surface area contributed by atoms with Crippen molar-refractivity contribution in [1.29, 1.82) is 0 Å². The van der Waals surface area contributed by atoms with E-state index in [9.17, 15) is 5.11 Å². The fraction of sp³-hybridized carbons (Fsp3) is 0.0909. The summed E-state index contributed by atoms with van der Waals surface area (Å²) in [5.74, 6) is 0.358. The minimum absolute atomic E-state index is 0.358. The molecule has 12 heavy (non-hydrogen) atoms. The molecule has 0 bridgehead atoms. The van der Waals surface area contributed by atoms with Crippen LogP contribution in [0.4, 0.5) is 0 Å². The first kappa shape index (κ1) is 7.17. The van der Waals surface area contributed by atoms with Gasteiger partial charge in [0.1, 0.15) is 5.75 Å². The minimum Gasteiger partial charge on any atom is -0.507 e. The highest BCUT2D eigenvalue weighted by Gasteiger charge is 1.98. The molecule has 1 nitrogen and oxygen atoms in total. The number of fused-ring (bicyclic) bond motifs is 1. The van der Waals surface area contributed by atoms with E-state index < -0.39 is 0 Å². The van der Waals surface area contributed by atoms with Gasteiger partial charge in [-0.05, 0) is 23.9 Å². The van der Waals surface area contributed by atoms with Gasteiger partial charge in [-0.1, -0.05) is 30.3 Å². The van der Waals surface area contributed by atoms with Crippen LogP contribution in [0, 0.1) is 6.92 Å². The summed E-state index contributed by atoms with van der Waals surface area (Å²) in [6.07, 6.45) is 0. The molecule has 2 aromatic carbocycles. The summed E-state index contributed by atoms with van der Waals surface area (Å²) >= 11 is 0. The van der Waals surface area contributed by atoms with E-state index >= 15 is 0 Å². The van der Waals surface area contributed by atoms with Gasteiger partial charge in [0.05, 0.1) is 0 Å². The van der Waals surface area contributed by atoms with E-state index in [1.54, 1.807) is 6.07 Å². The van der Waals surface area contributed by atoms with Crippen molar-refractivity contribution in [2.45, 2.75) is 6.92 Å². The highest BCUT2D eigenvalue weighted by atomic mass is 16.3. The molecule has 0 fully saturated rings. The highest BCUT2D eigenvalue weighted by Crippen LogP contribution is 2.25. The topological polar surface area (TPSA) is 20.2 Å². The molecule has 0 radical (unpaired) electrons. The summed E-state index contributed by atoms with van der Waals surface area (Å²) in [7, 11) is 0. The Labute approximate surface area is 71.3 Å². The Morgan fingerprint density at radius 3 is 2.33 bits per heavy atom. The lowest BCUT2D eigenvalue weighted by Gasteiger charge is -2.02. The van der Waals surface area contributed by atoms with Crippen LogP contribution in [0.2, 0.25) is 0 Å².